The van der Waals surface area contributed by atoms with E-state index in [9.17, 15) is 14.4 Å². The van der Waals surface area contributed by atoms with E-state index in [1.54, 1.807) is 11.8 Å². The number of ether oxygens (including phenoxy) is 1. The highest BCUT2D eigenvalue weighted by atomic mass is 32.2. The van der Waals surface area contributed by atoms with Crippen LogP contribution >= 0.6 is 11.8 Å². The van der Waals surface area contributed by atoms with E-state index >= 15 is 0 Å². The molecular formula is C11H15NO4S. The Morgan fingerprint density at radius 3 is 2.82 bits per heavy atom. The topological polar surface area (TPSA) is 63.7 Å². The van der Waals surface area contributed by atoms with Gasteiger partial charge in [0, 0.05) is 25.0 Å². The molecule has 0 aliphatic carbocycles. The number of hydrogen-bond donors (Lipinski definition) is 0. The third kappa shape index (κ3) is 2.46. The molecule has 94 valence electrons. The Balaban J connectivity index is 1.92. The van der Waals surface area contributed by atoms with Gasteiger partial charge in [0.1, 0.15) is 12.1 Å². The van der Waals surface area contributed by atoms with Gasteiger partial charge in [-0.2, -0.15) is 0 Å². The molecule has 2 saturated heterocycles. The maximum atomic E-state index is 12.1. The lowest BCUT2D eigenvalue weighted by molar-refractivity contribution is -0.158. The third-order valence-corrected chi connectivity index (χ3v) is 4.13. The number of rotatable bonds is 3. The van der Waals surface area contributed by atoms with Crippen LogP contribution in [-0.2, 0) is 19.1 Å². The summed E-state index contributed by atoms with van der Waals surface area (Å²) < 4.78 is 5.03. The zero-order chi connectivity index (χ0) is 12.6. The normalized spacial score (nSPS) is 28.1. The molecule has 1 amide bonds. The molecule has 0 aromatic rings. The highest BCUT2D eigenvalue weighted by Gasteiger charge is 2.48. The van der Waals surface area contributed by atoms with Crippen molar-refractivity contribution < 1.29 is 19.1 Å². The Hall–Kier alpha value is -1.04. The average molecular weight is 257 g/mol. The second-order valence-corrected chi connectivity index (χ2v) is 5.70. The Morgan fingerprint density at radius 1 is 1.59 bits per heavy atom. The van der Waals surface area contributed by atoms with Crippen molar-refractivity contribution in [3.05, 3.63) is 0 Å². The summed E-state index contributed by atoms with van der Waals surface area (Å²) in [5.74, 6) is -0.114. The fourth-order valence-electron chi connectivity index (χ4n) is 2.19. The zero-order valence-corrected chi connectivity index (χ0v) is 10.7. The summed E-state index contributed by atoms with van der Waals surface area (Å²) in [6.07, 6.45) is 0.501. The predicted octanol–water partition coefficient (Wildman–Crippen LogP) is 0.429. The van der Waals surface area contributed by atoms with Crippen LogP contribution in [-0.4, -0.2) is 46.3 Å². The second kappa shape index (κ2) is 4.68. The largest absolute Gasteiger partial charge is 0.459 e. The van der Waals surface area contributed by atoms with Crippen molar-refractivity contribution in [1.82, 2.24) is 4.90 Å². The monoisotopic (exact) mass is 257 g/mol. The summed E-state index contributed by atoms with van der Waals surface area (Å²) in [7, 11) is 0. The molecule has 0 N–H and O–H groups in total. The predicted molar refractivity (Wildman–Crippen MR) is 62.3 cm³/mol. The van der Waals surface area contributed by atoms with E-state index < -0.39 is 6.04 Å². The minimum atomic E-state index is -0.391. The minimum Gasteiger partial charge on any atom is -0.459 e. The fraction of sp³-hybridized carbons (Fsp3) is 0.727. The van der Waals surface area contributed by atoms with Crippen molar-refractivity contribution in [3.63, 3.8) is 0 Å². The van der Waals surface area contributed by atoms with Gasteiger partial charge in [0.05, 0.1) is 6.54 Å². The molecule has 2 rings (SSSR count). The molecule has 2 aliphatic rings. The summed E-state index contributed by atoms with van der Waals surface area (Å²) in [5.41, 5.74) is 0. The number of fused-ring (bicyclic) bond motifs is 2. The number of likely N-dealkylation sites (tertiary alicyclic amines) is 1. The molecule has 1 unspecified atom stereocenters. The molecule has 2 bridgehead atoms. The molecule has 3 atom stereocenters. The molecular weight excluding hydrogens is 242 g/mol. The van der Waals surface area contributed by atoms with Gasteiger partial charge in [0.15, 0.2) is 5.12 Å². The van der Waals surface area contributed by atoms with Crippen LogP contribution in [0.15, 0.2) is 0 Å². The van der Waals surface area contributed by atoms with Crippen LogP contribution in [0.3, 0.4) is 0 Å². The van der Waals surface area contributed by atoms with Crippen LogP contribution in [0.4, 0.5) is 0 Å². The molecule has 2 aliphatic heterocycles. The lowest BCUT2D eigenvalue weighted by Gasteiger charge is -2.28. The average Bonchev–Trinajstić information content (AvgIpc) is 2.83. The quantitative estimate of drug-likeness (QED) is 0.686. The van der Waals surface area contributed by atoms with Gasteiger partial charge < -0.3 is 9.64 Å². The number of carbonyl (C=O) groups is 3. The van der Waals surface area contributed by atoms with Gasteiger partial charge >= 0.3 is 5.97 Å². The van der Waals surface area contributed by atoms with E-state index in [2.05, 4.69) is 0 Å². The highest BCUT2D eigenvalue weighted by molar-refractivity contribution is 8.13. The van der Waals surface area contributed by atoms with Gasteiger partial charge in [-0.15, -0.1) is 0 Å². The van der Waals surface area contributed by atoms with Crippen molar-refractivity contribution in [1.29, 1.82) is 0 Å². The first-order valence-corrected chi connectivity index (χ1v) is 6.62. The van der Waals surface area contributed by atoms with Crippen LogP contribution in [0, 0.1) is 5.92 Å². The number of amides is 1. The lowest BCUT2D eigenvalue weighted by atomic mass is 10.1. The van der Waals surface area contributed by atoms with Gasteiger partial charge in [-0.25, -0.2) is 4.79 Å². The van der Waals surface area contributed by atoms with E-state index in [4.69, 9.17) is 4.74 Å². The summed E-state index contributed by atoms with van der Waals surface area (Å²) in [5, 5.41) is 0.00648. The van der Waals surface area contributed by atoms with E-state index in [0.717, 1.165) is 11.8 Å². The van der Waals surface area contributed by atoms with Crippen LogP contribution < -0.4 is 0 Å². The molecule has 5 nitrogen and oxygen atoms in total. The molecule has 2 heterocycles. The van der Waals surface area contributed by atoms with Crippen molar-refractivity contribution in [3.8, 4) is 0 Å². The van der Waals surface area contributed by atoms with Gasteiger partial charge in [-0.1, -0.05) is 18.7 Å². The van der Waals surface area contributed by atoms with E-state index in [-0.39, 0.29) is 29.0 Å². The maximum absolute atomic E-state index is 12.1. The molecule has 0 saturated carbocycles. The summed E-state index contributed by atoms with van der Waals surface area (Å²) >= 11 is 1.14. The van der Waals surface area contributed by atoms with Crippen LogP contribution in [0.5, 0.6) is 0 Å². The molecule has 6 heteroatoms. The van der Waals surface area contributed by atoms with Gasteiger partial charge in [0.2, 0.25) is 5.91 Å². The summed E-state index contributed by atoms with van der Waals surface area (Å²) in [6.45, 7) is 3.77. The first-order valence-electron chi connectivity index (χ1n) is 5.63. The summed E-state index contributed by atoms with van der Waals surface area (Å²) in [4.78, 5) is 35.9. The number of hydrogen-bond acceptors (Lipinski definition) is 5. The van der Waals surface area contributed by atoms with Gasteiger partial charge in [-0.3, -0.25) is 9.59 Å². The zero-order valence-electron chi connectivity index (χ0n) is 9.84. The molecule has 0 aromatic carbocycles. The highest BCUT2D eigenvalue weighted by Crippen LogP contribution is 2.30. The Bertz CT molecular complexity index is 370. The number of morpholine rings is 1. The van der Waals surface area contributed by atoms with Gasteiger partial charge in [-0.05, 0) is 0 Å². The van der Waals surface area contributed by atoms with E-state index in [1.807, 2.05) is 0 Å². The Morgan fingerprint density at radius 2 is 2.29 bits per heavy atom. The molecule has 0 aromatic heterocycles. The van der Waals surface area contributed by atoms with Gasteiger partial charge in [0.25, 0.3) is 0 Å². The smallest absolute Gasteiger partial charge is 0.329 e. The first kappa shape index (κ1) is 12.4. The van der Waals surface area contributed by atoms with Crippen LogP contribution in [0.25, 0.3) is 0 Å². The van der Waals surface area contributed by atoms with E-state index in [1.165, 1.54) is 6.92 Å². The lowest BCUT2D eigenvalue weighted by Crippen LogP contribution is -2.46. The van der Waals surface area contributed by atoms with Crippen molar-refractivity contribution >= 4 is 28.8 Å². The first-order chi connectivity index (χ1) is 7.99. The molecule has 2 fully saturated rings. The van der Waals surface area contributed by atoms with E-state index in [0.29, 0.717) is 18.7 Å². The maximum Gasteiger partial charge on any atom is 0.329 e. The number of esters is 1. The standard InChI is InChI=1S/C11H15NO4S/c1-6(5-17-7(2)13)10(14)12-4-8-3-9(12)11(15)16-8/h6,8-9H,3-5H2,1-2H3/t6?,8-,9+/m1/s1. The van der Waals surface area contributed by atoms with Crippen molar-refractivity contribution in [2.75, 3.05) is 12.3 Å². The molecule has 0 radical (unpaired) electrons. The van der Waals surface area contributed by atoms with Crippen molar-refractivity contribution in [2.24, 2.45) is 5.92 Å². The van der Waals surface area contributed by atoms with Crippen LogP contribution in [0.2, 0.25) is 0 Å². The number of carbonyl (C=O) groups excluding carboxylic acids is 3. The Kier molecular flexibility index (Phi) is 3.42. The fourth-order valence-corrected chi connectivity index (χ4v) is 2.82. The Labute approximate surface area is 104 Å². The van der Waals surface area contributed by atoms with Crippen LogP contribution in [0.1, 0.15) is 20.3 Å². The SMILES string of the molecule is CC(=O)SCC(C)C(=O)N1C[C@H]2C[C@H]1C(=O)O2. The minimum absolute atomic E-state index is 0.00648. The number of nitrogens with zero attached hydrogens (tertiary/aromatic N) is 1. The second-order valence-electron chi connectivity index (χ2n) is 4.50. The molecule has 17 heavy (non-hydrogen) atoms. The summed E-state index contributed by atoms with van der Waals surface area (Å²) in [6, 6.07) is -0.391. The number of thioether (sulfide) groups is 1. The van der Waals surface area contributed by atoms with Crippen molar-refractivity contribution in [2.45, 2.75) is 32.4 Å². The third-order valence-electron chi connectivity index (χ3n) is 3.06. The molecule has 0 spiro atoms.